The molecule has 0 aliphatic rings. The number of rotatable bonds is 6. The van der Waals surface area contributed by atoms with Crippen LogP contribution in [0.1, 0.15) is 24.3 Å². The van der Waals surface area contributed by atoms with E-state index in [1.165, 1.54) is 16.3 Å². The van der Waals surface area contributed by atoms with Gasteiger partial charge in [0, 0.05) is 12.6 Å². The van der Waals surface area contributed by atoms with Gasteiger partial charge in [0.05, 0.1) is 5.52 Å². The number of aryl methyl sites for hydroxylation is 1. The first-order valence-electron chi connectivity index (χ1n) is 7.65. The van der Waals surface area contributed by atoms with E-state index in [1.54, 1.807) is 0 Å². The Balaban J connectivity index is 1.82. The molecule has 0 saturated heterocycles. The van der Waals surface area contributed by atoms with Crippen LogP contribution in [0.25, 0.3) is 11.0 Å². The highest BCUT2D eigenvalue weighted by atomic mass is 16.1. The summed E-state index contributed by atoms with van der Waals surface area (Å²) >= 11 is 0. The molecule has 0 saturated carbocycles. The van der Waals surface area contributed by atoms with Gasteiger partial charge in [0.15, 0.2) is 11.3 Å². The Kier molecular flexibility index (Phi) is 4.38. The highest BCUT2D eigenvalue weighted by Crippen LogP contribution is 2.23. The van der Waals surface area contributed by atoms with Crippen molar-refractivity contribution in [3.05, 3.63) is 52.3 Å². The zero-order chi connectivity index (χ0) is 16.2. The maximum Gasteiger partial charge on any atom is 0.268 e. The van der Waals surface area contributed by atoms with Gasteiger partial charge in [-0.05, 0) is 30.9 Å². The van der Waals surface area contributed by atoms with E-state index in [9.17, 15) is 4.79 Å². The zero-order valence-corrected chi connectivity index (χ0v) is 12.8. The molecule has 0 radical (unpaired) electrons. The summed E-state index contributed by atoms with van der Waals surface area (Å²) < 4.78 is 1.45. The third-order valence-electron chi connectivity index (χ3n) is 4.01. The van der Waals surface area contributed by atoms with Gasteiger partial charge in [0.1, 0.15) is 0 Å². The van der Waals surface area contributed by atoms with E-state index in [0.717, 1.165) is 12.8 Å². The molecule has 120 valence electrons. The molecule has 1 unspecified atom stereocenters. The number of hydrogen-bond acceptors (Lipinski definition) is 5. The minimum Gasteiger partial charge on any atom is -0.380 e. The van der Waals surface area contributed by atoms with Crippen molar-refractivity contribution in [1.29, 1.82) is 0 Å². The molecular weight excluding hydrogens is 292 g/mol. The molecular formula is C16H20N6O. The standard InChI is InChI=1S/C16H20N6O/c17-8-6-12(11-4-2-1-3-5-11)7-9-22-14(23)10-13-15(21-22)16(18)20-19-13/h1-5,10,12,19H,6-9,17H2,(H2,18,20). The van der Waals surface area contributed by atoms with Crippen molar-refractivity contribution in [2.75, 3.05) is 12.3 Å². The van der Waals surface area contributed by atoms with E-state index in [4.69, 9.17) is 11.5 Å². The van der Waals surface area contributed by atoms with Crippen LogP contribution in [0, 0.1) is 0 Å². The van der Waals surface area contributed by atoms with Crippen molar-refractivity contribution in [2.24, 2.45) is 5.73 Å². The van der Waals surface area contributed by atoms with Gasteiger partial charge >= 0.3 is 0 Å². The van der Waals surface area contributed by atoms with Crippen LogP contribution in [0.2, 0.25) is 0 Å². The lowest BCUT2D eigenvalue weighted by molar-refractivity contribution is 0.485. The summed E-state index contributed by atoms with van der Waals surface area (Å²) in [5, 5.41) is 10.9. The van der Waals surface area contributed by atoms with Gasteiger partial charge in [-0.2, -0.15) is 10.2 Å². The first-order valence-corrected chi connectivity index (χ1v) is 7.65. The fourth-order valence-electron chi connectivity index (χ4n) is 2.78. The van der Waals surface area contributed by atoms with E-state index < -0.39 is 0 Å². The molecule has 0 spiro atoms. The van der Waals surface area contributed by atoms with E-state index >= 15 is 0 Å². The van der Waals surface area contributed by atoms with Crippen LogP contribution >= 0.6 is 0 Å². The summed E-state index contributed by atoms with van der Waals surface area (Å²) in [6.45, 7) is 1.12. The van der Waals surface area contributed by atoms with Crippen LogP contribution in [0.4, 0.5) is 5.82 Å². The number of aromatic nitrogens is 4. The summed E-state index contributed by atoms with van der Waals surface area (Å²) in [6.07, 6.45) is 1.66. The van der Waals surface area contributed by atoms with Gasteiger partial charge in [-0.1, -0.05) is 30.3 Å². The predicted molar refractivity (Wildman–Crippen MR) is 90.0 cm³/mol. The summed E-state index contributed by atoms with van der Waals surface area (Å²) in [4.78, 5) is 12.1. The first kappa shape index (κ1) is 15.2. The molecule has 5 N–H and O–H groups in total. The Hall–Kier alpha value is -2.67. The molecule has 1 atom stereocenters. The number of nitrogens with zero attached hydrogens (tertiary/aromatic N) is 3. The average molecular weight is 312 g/mol. The number of benzene rings is 1. The molecule has 0 aliphatic heterocycles. The van der Waals surface area contributed by atoms with E-state index in [2.05, 4.69) is 27.4 Å². The van der Waals surface area contributed by atoms with Crippen molar-refractivity contribution in [1.82, 2.24) is 20.0 Å². The van der Waals surface area contributed by atoms with Gasteiger partial charge in [-0.25, -0.2) is 4.68 Å². The van der Waals surface area contributed by atoms with Crippen LogP contribution in [0.3, 0.4) is 0 Å². The Labute approximate surface area is 133 Å². The molecule has 0 aliphatic carbocycles. The Morgan fingerprint density at radius 1 is 1.22 bits per heavy atom. The lowest BCUT2D eigenvalue weighted by Crippen LogP contribution is -2.23. The highest BCUT2D eigenvalue weighted by molar-refractivity contribution is 5.83. The Morgan fingerprint density at radius 2 is 2.00 bits per heavy atom. The molecule has 1 aromatic carbocycles. The largest absolute Gasteiger partial charge is 0.380 e. The fourth-order valence-corrected chi connectivity index (χ4v) is 2.78. The molecule has 7 nitrogen and oxygen atoms in total. The lowest BCUT2D eigenvalue weighted by atomic mass is 9.92. The molecule has 2 heterocycles. The van der Waals surface area contributed by atoms with E-state index in [0.29, 0.717) is 35.9 Å². The predicted octanol–water partition coefficient (Wildman–Crippen LogP) is 1.22. The molecule has 2 aromatic heterocycles. The second-order valence-corrected chi connectivity index (χ2v) is 5.55. The third-order valence-corrected chi connectivity index (χ3v) is 4.01. The van der Waals surface area contributed by atoms with Crippen LogP contribution in [-0.4, -0.2) is 26.5 Å². The normalized spacial score (nSPS) is 12.6. The molecule has 3 rings (SSSR count). The number of aromatic amines is 1. The van der Waals surface area contributed by atoms with Crippen molar-refractivity contribution >= 4 is 16.9 Å². The molecule has 23 heavy (non-hydrogen) atoms. The lowest BCUT2D eigenvalue weighted by Gasteiger charge is -2.16. The van der Waals surface area contributed by atoms with Crippen LogP contribution in [-0.2, 0) is 6.54 Å². The number of H-pyrrole nitrogens is 1. The molecule has 7 heteroatoms. The fraction of sp³-hybridized carbons (Fsp3) is 0.312. The van der Waals surface area contributed by atoms with Gasteiger partial charge in [0.25, 0.3) is 5.56 Å². The van der Waals surface area contributed by atoms with Crippen LogP contribution < -0.4 is 17.0 Å². The maximum atomic E-state index is 12.1. The molecule has 0 amide bonds. The number of anilines is 1. The Bertz CT molecular complexity index is 839. The quantitative estimate of drug-likeness (QED) is 0.633. The number of nitrogens with one attached hydrogen (secondary N) is 1. The summed E-state index contributed by atoms with van der Waals surface area (Å²) in [5.74, 6) is 0.600. The summed E-state index contributed by atoms with van der Waals surface area (Å²) in [6, 6.07) is 11.7. The van der Waals surface area contributed by atoms with E-state index in [-0.39, 0.29) is 5.56 Å². The van der Waals surface area contributed by atoms with Gasteiger partial charge < -0.3 is 11.5 Å². The number of hydrogen-bond donors (Lipinski definition) is 3. The van der Waals surface area contributed by atoms with Crippen molar-refractivity contribution in [2.45, 2.75) is 25.3 Å². The molecule has 0 fully saturated rings. The van der Waals surface area contributed by atoms with Crippen LogP contribution in [0.15, 0.2) is 41.2 Å². The van der Waals surface area contributed by atoms with Gasteiger partial charge in [-0.15, -0.1) is 0 Å². The van der Waals surface area contributed by atoms with Crippen molar-refractivity contribution < 1.29 is 0 Å². The van der Waals surface area contributed by atoms with Crippen molar-refractivity contribution in [3.63, 3.8) is 0 Å². The van der Waals surface area contributed by atoms with Gasteiger partial charge in [0.2, 0.25) is 0 Å². The number of nitrogen functional groups attached to an aromatic ring is 1. The molecule has 3 aromatic rings. The SMILES string of the molecule is NCCC(CCn1nc2c(N)n[nH]c2cc1=O)c1ccccc1. The maximum absolute atomic E-state index is 12.1. The summed E-state index contributed by atoms with van der Waals surface area (Å²) in [5.41, 5.74) is 13.6. The minimum atomic E-state index is -0.166. The first-order chi connectivity index (χ1) is 11.2. The molecule has 0 bridgehead atoms. The smallest absolute Gasteiger partial charge is 0.268 e. The van der Waals surface area contributed by atoms with E-state index in [1.807, 2.05) is 18.2 Å². The zero-order valence-electron chi connectivity index (χ0n) is 12.8. The van der Waals surface area contributed by atoms with Crippen molar-refractivity contribution in [3.8, 4) is 0 Å². The minimum absolute atomic E-state index is 0.166. The second kappa shape index (κ2) is 6.62. The number of fused-ring (bicyclic) bond motifs is 1. The second-order valence-electron chi connectivity index (χ2n) is 5.55. The monoisotopic (exact) mass is 312 g/mol. The topological polar surface area (TPSA) is 116 Å². The van der Waals surface area contributed by atoms with Crippen LogP contribution in [0.5, 0.6) is 0 Å². The summed E-state index contributed by atoms with van der Waals surface area (Å²) in [7, 11) is 0. The van der Waals surface area contributed by atoms with Gasteiger partial charge in [-0.3, -0.25) is 9.89 Å². The number of nitrogens with two attached hydrogens (primary N) is 2. The average Bonchev–Trinajstić information content (AvgIpc) is 2.92. The third kappa shape index (κ3) is 3.24. The Morgan fingerprint density at radius 3 is 2.74 bits per heavy atom. The highest BCUT2D eigenvalue weighted by Gasteiger charge is 2.13.